The van der Waals surface area contributed by atoms with Crippen LogP contribution in [0.25, 0.3) is 0 Å². The number of hydrogen-bond acceptors (Lipinski definition) is 3. The predicted octanol–water partition coefficient (Wildman–Crippen LogP) is 4.42. The van der Waals surface area contributed by atoms with E-state index in [-0.39, 0.29) is 5.56 Å². The summed E-state index contributed by atoms with van der Waals surface area (Å²) >= 11 is 9.11. The van der Waals surface area contributed by atoms with Crippen molar-refractivity contribution in [3.05, 3.63) is 57.0 Å². The van der Waals surface area contributed by atoms with Crippen LogP contribution in [0, 0.1) is 11.3 Å². The average Bonchev–Trinajstić information content (AvgIpc) is 2.41. The van der Waals surface area contributed by atoms with Gasteiger partial charge in [0.2, 0.25) is 0 Å². The summed E-state index contributed by atoms with van der Waals surface area (Å²) in [6, 6.07) is 11.9. The molecule has 0 atom stereocenters. The molecule has 0 spiro atoms. The van der Waals surface area contributed by atoms with Gasteiger partial charge in [-0.15, -0.1) is 0 Å². The number of nitriles is 1. The maximum Gasteiger partial charge on any atom is 0.336 e. The number of halogens is 2. The molecule has 0 amide bonds. The molecule has 2 aromatic rings. The first kappa shape index (κ1) is 14.4. The Kier molecular flexibility index (Phi) is 4.28. The van der Waals surface area contributed by atoms with E-state index in [0.29, 0.717) is 26.4 Å². The van der Waals surface area contributed by atoms with Gasteiger partial charge >= 0.3 is 5.97 Å². The van der Waals surface area contributed by atoms with E-state index in [2.05, 4.69) is 21.2 Å². The number of carboxylic acids is 1. The molecule has 0 aliphatic heterocycles. The third-order valence-electron chi connectivity index (χ3n) is 2.60. The molecular formula is C14H8BrClN2O2. The van der Waals surface area contributed by atoms with Gasteiger partial charge in [-0.3, -0.25) is 0 Å². The Morgan fingerprint density at radius 1 is 1.35 bits per heavy atom. The van der Waals surface area contributed by atoms with Gasteiger partial charge in [-0.05, 0) is 46.3 Å². The molecule has 0 saturated carbocycles. The summed E-state index contributed by atoms with van der Waals surface area (Å²) in [5.74, 6) is -1.04. The molecule has 2 N–H and O–H groups in total. The molecule has 0 saturated heterocycles. The number of nitrogens with one attached hydrogen (secondary N) is 1. The molecule has 0 aliphatic rings. The van der Waals surface area contributed by atoms with Crippen LogP contribution in [0.1, 0.15) is 15.9 Å². The molecule has 4 nitrogen and oxygen atoms in total. The number of hydrogen-bond donors (Lipinski definition) is 2. The molecule has 2 aromatic carbocycles. The van der Waals surface area contributed by atoms with E-state index in [0.717, 1.165) is 0 Å². The summed E-state index contributed by atoms with van der Waals surface area (Å²) < 4.78 is 0.488. The fraction of sp³-hybridized carbons (Fsp3) is 0. The van der Waals surface area contributed by atoms with Crippen LogP contribution in [0.2, 0.25) is 5.02 Å². The Morgan fingerprint density at radius 2 is 2.10 bits per heavy atom. The highest BCUT2D eigenvalue weighted by Gasteiger charge is 2.11. The first-order valence-electron chi connectivity index (χ1n) is 5.51. The highest BCUT2D eigenvalue weighted by Crippen LogP contribution is 2.28. The molecule has 6 heteroatoms. The SMILES string of the molecule is N#Cc1c(Cl)cccc1Nc1ccc(Br)c(C(=O)O)c1. The zero-order valence-corrected chi connectivity index (χ0v) is 12.4. The van der Waals surface area contributed by atoms with E-state index in [1.54, 1.807) is 30.3 Å². The maximum atomic E-state index is 11.1. The fourth-order valence-electron chi connectivity index (χ4n) is 1.66. The quantitative estimate of drug-likeness (QED) is 0.858. The van der Waals surface area contributed by atoms with Crippen molar-refractivity contribution in [2.45, 2.75) is 0 Å². The van der Waals surface area contributed by atoms with Gasteiger partial charge < -0.3 is 10.4 Å². The van der Waals surface area contributed by atoms with Crippen LogP contribution in [0.3, 0.4) is 0 Å². The number of carboxylic acid groups (broad SMARTS) is 1. The van der Waals surface area contributed by atoms with Gasteiger partial charge in [-0.1, -0.05) is 17.7 Å². The summed E-state index contributed by atoms with van der Waals surface area (Å²) in [6.45, 7) is 0. The van der Waals surface area contributed by atoms with Gasteiger partial charge in [-0.25, -0.2) is 4.79 Å². The molecule has 20 heavy (non-hydrogen) atoms. The minimum Gasteiger partial charge on any atom is -0.478 e. The first-order chi connectivity index (χ1) is 9.52. The van der Waals surface area contributed by atoms with Crippen LogP contribution >= 0.6 is 27.5 Å². The summed E-state index contributed by atoms with van der Waals surface area (Å²) in [4.78, 5) is 11.1. The smallest absolute Gasteiger partial charge is 0.336 e. The van der Waals surface area contributed by atoms with Crippen molar-refractivity contribution >= 4 is 44.9 Å². The first-order valence-corrected chi connectivity index (χ1v) is 6.68. The molecular weight excluding hydrogens is 344 g/mol. The molecule has 2 rings (SSSR count). The number of nitrogens with zero attached hydrogens (tertiary/aromatic N) is 1. The maximum absolute atomic E-state index is 11.1. The van der Waals surface area contributed by atoms with Gasteiger partial charge in [0.25, 0.3) is 0 Å². The van der Waals surface area contributed by atoms with Gasteiger partial charge in [0.1, 0.15) is 6.07 Å². The molecule has 0 unspecified atom stereocenters. The normalized spacial score (nSPS) is 9.85. The van der Waals surface area contributed by atoms with Crippen molar-refractivity contribution in [3.8, 4) is 6.07 Å². The predicted molar refractivity (Wildman–Crippen MR) is 80.6 cm³/mol. The van der Waals surface area contributed by atoms with E-state index in [1.165, 1.54) is 6.07 Å². The standard InChI is InChI=1S/C14H8BrClN2O2/c15-11-5-4-8(6-9(11)14(19)20)18-13-3-1-2-12(16)10(13)7-17/h1-6,18H,(H,19,20). The number of aromatic carboxylic acids is 1. The second kappa shape index (κ2) is 5.95. The Hall–Kier alpha value is -2.03. The van der Waals surface area contributed by atoms with Gasteiger partial charge in [-0.2, -0.15) is 5.26 Å². The van der Waals surface area contributed by atoms with Crippen molar-refractivity contribution in [1.82, 2.24) is 0 Å². The van der Waals surface area contributed by atoms with Crippen LogP contribution in [0.15, 0.2) is 40.9 Å². The lowest BCUT2D eigenvalue weighted by atomic mass is 10.1. The van der Waals surface area contributed by atoms with E-state index in [1.807, 2.05) is 6.07 Å². The van der Waals surface area contributed by atoms with E-state index >= 15 is 0 Å². The van der Waals surface area contributed by atoms with Crippen LogP contribution in [-0.4, -0.2) is 11.1 Å². The highest BCUT2D eigenvalue weighted by molar-refractivity contribution is 9.10. The number of carbonyl (C=O) groups is 1. The van der Waals surface area contributed by atoms with Gasteiger partial charge in [0.05, 0.1) is 21.8 Å². The third-order valence-corrected chi connectivity index (χ3v) is 3.61. The van der Waals surface area contributed by atoms with Crippen LogP contribution in [-0.2, 0) is 0 Å². The second-order valence-corrected chi connectivity index (χ2v) is 5.16. The molecule has 0 bridgehead atoms. The summed E-state index contributed by atoms with van der Waals surface area (Å²) in [5.41, 5.74) is 1.53. The van der Waals surface area contributed by atoms with Crippen LogP contribution < -0.4 is 5.32 Å². The van der Waals surface area contributed by atoms with Crippen LogP contribution in [0.4, 0.5) is 11.4 Å². The van der Waals surface area contributed by atoms with E-state index in [9.17, 15) is 4.79 Å². The topological polar surface area (TPSA) is 73.1 Å². The summed E-state index contributed by atoms with van der Waals surface area (Å²) in [6.07, 6.45) is 0. The molecule has 0 aliphatic carbocycles. The second-order valence-electron chi connectivity index (χ2n) is 3.90. The molecule has 0 aromatic heterocycles. The van der Waals surface area contributed by atoms with Crippen molar-refractivity contribution < 1.29 is 9.90 Å². The van der Waals surface area contributed by atoms with Crippen molar-refractivity contribution in [3.63, 3.8) is 0 Å². The van der Waals surface area contributed by atoms with E-state index < -0.39 is 5.97 Å². The van der Waals surface area contributed by atoms with E-state index in [4.69, 9.17) is 22.0 Å². The fourth-order valence-corrected chi connectivity index (χ4v) is 2.30. The van der Waals surface area contributed by atoms with Crippen molar-refractivity contribution in [1.29, 1.82) is 5.26 Å². The van der Waals surface area contributed by atoms with Gasteiger partial charge in [0.15, 0.2) is 0 Å². The Bertz CT molecular complexity index is 726. The largest absolute Gasteiger partial charge is 0.478 e. The van der Waals surface area contributed by atoms with Gasteiger partial charge in [0, 0.05) is 10.2 Å². The Morgan fingerprint density at radius 3 is 2.75 bits per heavy atom. The van der Waals surface area contributed by atoms with Crippen molar-refractivity contribution in [2.24, 2.45) is 0 Å². The minimum atomic E-state index is -1.04. The molecule has 0 heterocycles. The monoisotopic (exact) mass is 350 g/mol. The molecule has 0 fully saturated rings. The lowest BCUT2D eigenvalue weighted by Gasteiger charge is -2.10. The number of anilines is 2. The number of benzene rings is 2. The zero-order valence-electron chi connectivity index (χ0n) is 10.0. The van der Waals surface area contributed by atoms with Crippen LogP contribution in [0.5, 0.6) is 0 Å². The highest BCUT2D eigenvalue weighted by atomic mass is 79.9. The molecule has 0 radical (unpaired) electrons. The Labute approximate surface area is 128 Å². The lowest BCUT2D eigenvalue weighted by molar-refractivity contribution is 0.0696. The Balaban J connectivity index is 2.41. The molecule has 100 valence electrons. The number of rotatable bonds is 3. The summed E-state index contributed by atoms with van der Waals surface area (Å²) in [5, 5.41) is 21.5. The van der Waals surface area contributed by atoms with Crippen molar-refractivity contribution in [2.75, 3.05) is 5.32 Å². The zero-order chi connectivity index (χ0) is 14.7. The third kappa shape index (κ3) is 2.93. The lowest BCUT2D eigenvalue weighted by Crippen LogP contribution is -2.00. The minimum absolute atomic E-state index is 0.135. The summed E-state index contributed by atoms with van der Waals surface area (Å²) in [7, 11) is 0. The average molecular weight is 352 g/mol.